The summed E-state index contributed by atoms with van der Waals surface area (Å²) >= 11 is 0. The highest BCUT2D eigenvalue weighted by molar-refractivity contribution is 5.92. The Morgan fingerprint density at radius 2 is 1.76 bits per heavy atom. The molecule has 0 aliphatic rings. The van der Waals surface area contributed by atoms with Crippen molar-refractivity contribution in [1.29, 1.82) is 0 Å². The molecule has 0 aliphatic heterocycles. The molecule has 17 heavy (non-hydrogen) atoms. The zero-order valence-electron chi connectivity index (χ0n) is 9.35. The van der Waals surface area contributed by atoms with Crippen molar-refractivity contribution in [2.24, 2.45) is 0 Å². The molecule has 3 N–H and O–H groups in total. The number of carboxylic acids is 1. The van der Waals surface area contributed by atoms with Crippen molar-refractivity contribution in [2.45, 2.75) is 19.3 Å². The molecule has 0 fully saturated rings. The fourth-order valence-corrected chi connectivity index (χ4v) is 1.33. The molecule has 1 aromatic rings. The number of hydrogen-bond acceptors (Lipinski definition) is 3. The number of benzene rings is 1. The minimum Gasteiger partial charge on any atom is -0.481 e. The van der Waals surface area contributed by atoms with Crippen molar-refractivity contribution in [3.63, 3.8) is 0 Å². The van der Waals surface area contributed by atoms with Crippen LogP contribution in [-0.2, 0) is 16.0 Å². The second-order valence-electron chi connectivity index (χ2n) is 3.61. The van der Waals surface area contributed by atoms with E-state index in [1.54, 1.807) is 12.1 Å². The van der Waals surface area contributed by atoms with E-state index in [9.17, 15) is 9.59 Å². The van der Waals surface area contributed by atoms with Crippen LogP contribution in [0.3, 0.4) is 0 Å². The third-order valence-electron chi connectivity index (χ3n) is 2.20. The predicted molar refractivity (Wildman–Crippen MR) is 62.7 cm³/mol. The van der Waals surface area contributed by atoms with Crippen LogP contribution in [-0.4, -0.2) is 28.7 Å². The van der Waals surface area contributed by atoms with Gasteiger partial charge in [-0.1, -0.05) is 12.1 Å². The lowest BCUT2D eigenvalue weighted by atomic mass is 10.1. The number of aliphatic hydroxyl groups excluding tert-OH is 1. The Kier molecular flexibility index (Phi) is 5.16. The van der Waals surface area contributed by atoms with Crippen LogP contribution < -0.4 is 5.32 Å². The fourth-order valence-electron chi connectivity index (χ4n) is 1.33. The van der Waals surface area contributed by atoms with Gasteiger partial charge in [-0.3, -0.25) is 9.59 Å². The zero-order valence-corrected chi connectivity index (χ0v) is 9.35. The van der Waals surface area contributed by atoms with E-state index in [4.69, 9.17) is 10.2 Å². The average Bonchev–Trinajstić information content (AvgIpc) is 2.29. The number of amides is 1. The van der Waals surface area contributed by atoms with Crippen LogP contribution in [0.15, 0.2) is 24.3 Å². The predicted octanol–water partition coefficient (Wildman–Crippen LogP) is 1.02. The molecule has 1 aromatic carbocycles. The number of anilines is 1. The van der Waals surface area contributed by atoms with Crippen LogP contribution in [0.5, 0.6) is 0 Å². The van der Waals surface area contributed by atoms with Gasteiger partial charge < -0.3 is 15.5 Å². The van der Waals surface area contributed by atoms with E-state index in [-0.39, 0.29) is 25.4 Å². The van der Waals surface area contributed by atoms with E-state index in [1.807, 2.05) is 12.1 Å². The first-order valence-corrected chi connectivity index (χ1v) is 5.33. The highest BCUT2D eigenvalue weighted by Crippen LogP contribution is 2.10. The van der Waals surface area contributed by atoms with Crippen LogP contribution in [0.1, 0.15) is 18.4 Å². The first-order valence-electron chi connectivity index (χ1n) is 5.33. The molecule has 0 saturated carbocycles. The van der Waals surface area contributed by atoms with Crippen LogP contribution >= 0.6 is 0 Å². The normalized spacial score (nSPS) is 9.94. The number of nitrogens with one attached hydrogen (secondary N) is 1. The van der Waals surface area contributed by atoms with Gasteiger partial charge in [-0.05, 0) is 24.1 Å². The van der Waals surface area contributed by atoms with Crippen LogP contribution in [0.2, 0.25) is 0 Å². The fraction of sp³-hybridized carbons (Fsp3) is 0.333. The highest BCUT2D eigenvalue weighted by atomic mass is 16.4. The average molecular weight is 237 g/mol. The van der Waals surface area contributed by atoms with Crippen LogP contribution in [0, 0.1) is 0 Å². The Morgan fingerprint density at radius 3 is 2.29 bits per heavy atom. The number of carboxylic acid groups (broad SMARTS) is 1. The summed E-state index contributed by atoms with van der Waals surface area (Å²) in [6, 6.07) is 7.07. The maximum absolute atomic E-state index is 11.3. The summed E-state index contributed by atoms with van der Waals surface area (Å²) in [5, 5.41) is 19.8. The smallest absolute Gasteiger partial charge is 0.303 e. The largest absolute Gasteiger partial charge is 0.481 e. The van der Waals surface area contributed by atoms with Gasteiger partial charge in [0.1, 0.15) is 0 Å². The van der Waals surface area contributed by atoms with Gasteiger partial charge in [0.25, 0.3) is 0 Å². The Labute approximate surface area is 99.1 Å². The summed E-state index contributed by atoms with van der Waals surface area (Å²) in [6.45, 7) is 0.0876. The van der Waals surface area contributed by atoms with Crippen molar-refractivity contribution < 1.29 is 19.8 Å². The molecule has 0 radical (unpaired) electrons. The van der Waals surface area contributed by atoms with Gasteiger partial charge in [-0.15, -0.1) is 0 Å². The first-order chi connectivity index (χ1) is 8.11. The minimum atomic E-state index is -0.988. The summed E-state index contributed by atoms with van der Waals surface area (Å²) in [6.07, 6.45) is 0.370. The Bertz CT molecular complexity index is 386. The minimum absolute atomic E-state index is 0.0340. The summed E-state index contributed by atoms with van der Waals surface area (Å²) in [5.74, 6) is -1.30. The second kappa shape index (κ2) is 6.65. The topological polar surface area (TPSA) is 86.6 Å². The van der Waals surface area contributed by atoms with E-state index in [1.165, 1.54) is 0 Å². The number of carbonyl (C=O) groups excluding carboxylic acids is 1. The molecule has 0 aliphatic carbocycles. The maximum atomic E-state index is 11.3. The van der Waals surface area contributed by atoms with E-state index in [0.29, 0.717) is 12.1 Å². The SMILES string of the molecule is O=C(O)CCC(=O)Nc1ccc(CCO)cc1. The first kappa shape index (κ1) is 13.2. The van der Waals surface area contributed by atoms with E-state index in [0.717, 1.165) is 5.56 Å². The Hall–Kier alpha value is -1.88. The number of aliphatic carboxylic acids is 1. The zero-order chi connectivity index (χ0) is 12.7. The molecule has 5 nitrogen and oxygen atoms in total. The molecular weight excluding hydrogens is 222 g/mol. The number of rotatable bonds is 6. The Balaban J connectivity index is 2.45. The monoisotopic (exact) mass is 237 g/mol. The molecule has 1 rings (SSSR count). The highest BCUT2D eigenvalue weighted by Gasteiger charge is 2.05. The third kappa shape index (κ3) is 5.12. The number of aliphatic hydroxyl groups is 1. The van der Waals surface area contributed by atoms with Gasteiger partial charge in [0.2, 0.25) is 5.91 Å². The molecule has 0 unspecified atom stereocenters. The van der Waals surface area contributed by atoms with Crippen molar-refractivity contribution in [3.05, 3.63) is 29.8 Å². The Morgan fingerprint density at radius 1 is 1.12 bits per heavy atom. The van der Waals surface area contributed by atoms with E-state index < -0.39 is 5.97 Å². The summed E-state index contributed by atoms with van der Waals surface area (Å²) in [7, 11) is 0. The second-order valence-corrected chi connectivity index (χ2v) is 3.61. The van der Waals surface area contributed by atoms with Gasteiger partial charge in [0, 0.05) is 18.7 Å². The van der Waals surface area contributed by atoms with Crippen LogP contribution in [0.25, 0.3) is 0 Å². The van der Waals surface area contributed by atoms with Gasteiger partial charge >= 0.3 is 5.97 Å². The molecule has 0 bridgehead atoms. The van der Waals surface area contributed by atoms with Crippen LogP contribution in [0.4, 0.5) is 5.69 Å². The van der Waals surface area contributed by atoms with Gasteiger partial charge in [0.15, 0.2) is 0 Å². The quantitative estimate of drug-likeness (QED) is 0.689. The lowest BCUT2D eigenvalue weighted by Gasteiger charge is -2.05. The summed E-state index contributed by atoms with van der Waals surface area (Å²) in [5.41, 5.74) is 1.61. The molecule has 92 valence electrons. The van der Waals surface area contributed by atoms with Crippen molar-refractivity contribution in [2.75, 3.05) is 11.9 Å². The molecule has 0 aromatic heterocycles. The number of carbonyl (C=O) groups is 2. The van der Waals surface area contributed by atoms with E-state index >= 15 is 0 Å². The summed E-state index contributed by atoms with van der Waals surface area (Å²) in [4.78, 5) is 21.6. The van der Waals surface area contributed by atoms with Gasteiger partial charge in [-0.2, -0.15) is 0 Å². The van der Waals surface area contributed by atoms with E-state index in [2.05, 4.69) is 5.32 Å². The molecule has 5 heteroatoms. The standard InChI is InChI=1S/C12H15NO4/c14-8-7-9-1-3-10(4-2-9)13-11(15)5-6-12(16)17/h1-4,14H,5-8H2,(H,13,15)(H,16,17). The van der Waals surface area contributed by atoms with Gasteiger partial charge in [-0.25, -0.2) is 0 Å². The maximum Gasteiger partial charge on any atom is 0.303 e. The van der Waals surface area contributed by atoms with Crippen molar-refractivity contribution >= 4 is 17.6 Å². The third-order valence-corrected chi connectivity index (χ3v) is 2.20. The molecule has 0 saturated heterocycles. The molecule has 0 spiro atoms. The lowest BCUT2D eigenvalue weighted by Crippen LogP contribution is -2.13. The summed E-state index contributed by atoms with van der Waals surface area (Å²) < 4.78 is 0. The lowest BCUT2D eigenvalue weighted by molar-refractivity contribution is -0.138. The molecular formula is C12H15NO4. The van der Waals surface area contributed by atoms with Crippen molar-refractivity contribution in [3.8, 4) is 0 Å². The van der Waals surface area contributed by atoms with Gasteiger partial charge in [0.05, 0.1) is 6.42 Å². The molecule has 0 atom stereocenters. The molecule has 0 heterocycles. The number of hydrogen-bond donors (Lipinski definition) is 3. The molecule has 1 amide bonds. The van der Waals surface area contributed by atoms with Crippen molar-refractivity contribution in [1.82, 2.24) is 0 Å².